The van der Waals surface area contributed by atoms with Crippen LogP contribution < -0.4 is 5.32 Å². The smallest absolute Gasteiger partial charge is 0.0281 e. The van der Waals surface area contributed by atoms with Crippen LogP contribution >= 0.6 is 11.8 Å². The SMILES string of the molecule is CSC1(CNC(C)C2(C)CC2)CCCC1. The highest BCUT2D eigenvalue weighted by Gasteiger charge is 2.43. The lowest BCUT2D eigenvalue weighted by Gasteiger charge is -2.31. The number of hydrogen-bond donors (Lipinski definition) is 1. The zero-order valence-electron chi connectivity index (χ0n) is 10.4. The van der Waals surface area contributed by atoms with Crippen LogP contribution in [0.1, 0.15) is 52.4 Å². The molecule has 0 spiro atoms. The molecule has 0 aromatic rings. The molecule has 1 atom stereocenters. The van der Waals surface area contributed by atoms with Crippen molar-refractivity contribution in [1.82, 2.24) is 5.32 Å². The molecule has 0 aromatic carbocycles. The third-order valence-electron chi connectivity index (χ3n) is 4.76. The highest BCUT2D eigenvalue weighted by atomic mass is 32.2. The molecule has 1 unspecified atom stereocenters. The van der Waals surface area contributed by atoms with Gasteiger partial charge in [-0.1, -0.05) is 19.8 Å². The van der Waals surface area contributed by atoms with Crippen LogP contribution in [0, 0.1) is 5.41 Å². The fourth-order valence-electron chi connectivity index (χ4n) is 2.69. The Balaban J connectivity index is 1.80. The van der Waals surface area contributed by atoms with Gasteiger partial charge in [-0.3, -0.25) is 0 Å². The number of hydrogen-bond acceptors (Lipinski definition) is 2. The van der Waals surface area contributed by atoms with E-state index in [0.717, 1.165) is 0 Å². The lowest BCUT2D eigenvalue weighted by atomic mass is 9.99. The second kappa shape index (κ2) is 4.29. The van der Waals surface area contributed by atoms with E-state index < -0.39 is 0 Å². The third-order valence-corrected chi connectivity index (χ3v) is 6.18. The Bertz CT molecular complexity index is 217. The molecule has 2 saturated carbocycles. The van der Waals surface area contributed by atoms with E-state index in [1.807, 2.05) is 0 Å². The van der Waals surface area contributed by atoms with Crippen LogP contribution in [-0.4, -0.2) is 23.6 Å². The van der Waals surface area contributed by atoms with Gasteiger partial charge in [0.2, 0.25) is 0 Å². The molecular weight excluding hydrogens is 202 g/mol. The van der Waals surface area contributed by atoms with Crippen LogP contribution in [0.5, 0.6) is 0 Å². The zero-order valence-corrected chi connectivity index (χ0v) is 11.3. The molecule has 15 heavy (non-hydrogen) atoms. The molecule has 0 saturated heterocycles. The first-order chi connectivity index (χ1) is 7.10. The third kappa shape index (κ3) is 2.52. The quantitative estimate of drug-likeness (QED) is 0.772. The largest absolute Gasteiger partial charge is 0.312 e. The van der Waals surface area contributed by atoms with Crippen molar-refractivity contribution >= 4 is 11.8 Å². The lowest BCUT2D eigenvalue weighted by Crippen LogP contribution is -2.42. The Morgan fingerprint density at radius 3 is 2.27 bits per heavy atom. The van der Waals surface area contributed by atoms with Crippen molar-refractivity contribution in [3.05, 3.63) is 0 Å². The van der Waals surface area contributed by atoms with Crippen LogP contribution in [0.3, 0.4) is 0 Å². The normalized spacial score (nSPS) is 29.0. The Morgan fingerprint density at radius 2 is 1.80 bits per heavy atom. The summed E-state index contributed by atoms with van der Waals surface area (Å²) in [5, 5.41) is 3.80. The molecule has 2 fully saturated rings. The van der Waals surface area contributed by atoms with Crippen LogP contribution in [0.15, 0.2) is 0 Å². The van der Waals surface area contributed by atoms with Crippen molar-refractivity contribution < 1.29 is 0 Å². The topological polar surface area (TPSA) is 12.0 Å². The molecule has 0 bridgehead atoms. The first-order valence-corrected chi connectivity index (χ1v) is 7.61. The van der Waals surface area contributed by atoms with Gasteiger partial charge in [-0.05, 0) is 44.3 Å². The van der Waals surface area contributed by atoms with Gasteiger partial charge in [-0.15, -0.1) is 0 Å². The zero-order chi connectivity index (χ0) is 10.9. The summed E-state index contributed by atoms with van der Waals surface area (Å²) in [6.45, 7) is 6.02. The minimum absolute atomic E-state index is 0.569. The predicted molar refractivity (Wildman–Crippen MR) is 69.5 cm³/mol. The fourth-order valence-corrected chi connectivity index (χ4v) is 3.61. The van der Waals surface area contributed by atoms with Crippen molar-refractivity contribution in [2.45, 2.75) is 63.2 Å². The molecule has 0 aliphatic heterocycles. The second-order valence-corrected chi connectivity index (χ2v) is 7.13. The summed E-state index contributed by atoms with van der Waals surface area (Å²) in [4.78, 5) is 0. The molecule has 0 radical (unpaired) electrons. The molecule has 88 valence electrons. The molecular formula is C13H25NS. The van der Waals surface area contributed by atoms with E-state index in [9.17, 15) is 0 Å². The average molecular weight is 227 g/mol. The van der Waals surface area contributed by atoms with Gasteiger partial charge in [-0.2, -0.15) is 11.8 Å². The molecule has 0 aromatic heterocycles. The van der Waals surface area contributed by atoms with Crippen LogP contribution in [-0.2, 0) is 0 Å². The van der Waals surface area contributed by atoms with Gasteiger partial charge in [-0.25, -0.2) is 0 Å². The number of thioether (sulfide) groups is 1. The number of rotatable bonds is 5. The van der Waals surface area contributed by atoms with E-state index in [-0.39, 0.29) is 0 Å². The summed E-state index contributed by atoms with van der Waals surface area (Å²) < 4.78 is 0.569. The van der Waals surface area contributed by atoms with E-state index in [2.05, 4.69) is 37.2 Å². The van der Waals surface area contributed by atoms with Gasteiger partial charge in [0.25, 0.3) is 0 Å². The molecule has 2 aliphatic carbocycles. The predicted octanol–water partition coefficient (Wildman–Crippen LogP) is 3.44. The highest BCUT2D eigenvalue weighted by molar-refractivity contribution is 8.00. The van der Waals surface area contributed by atoms with Crippen LogP contribution in [0.4, 0.5) is 0 Å². The first kappa shape index (κ1) is 11.8. The molecule has 1 N–H and O–H groups in total. The molecule has 0 heterocycles. The van der Waals surface area contributed by atoms with Crippen molar-refractivity contribution in [2.24, 2.45) is 5.41 Å². The minimum atomic E-state index is 0.569. The van der Waals surface area contributed by atoms with Gasteiger partial charge >= 0.3 is 0 Å². The van der Waals surface area contributed by atoms with Gasteiger partial charge in [0.1, 0.15) is 0 Å². The van der Waals surface area contributed by atoms with Gasteiger partial charge in [0.05, 0.1) is 0 Å². The van der Waals surface area contributed by atoms with Crippen LogP contribution in [0.25, 0.3) is 0 Å². The molecule has 0 amide bonds. The summed E-state index contributed by atoms with van der Waals surface area (Å²) in [5.41, 5.74) is 0.623. The maximum absolute atomic E-state index is 3.80. The number of nitrogens with one attached hydrogen (secondary N) is 1. The summed E-state index contributed by atoms with van der Waals surface area (Å²) in [5.74, 6) is 0. The van der Waals surface area contributed by atoms with E-state index in [1.165, 1.54) is 45.1 Å². The monoisotopic (exact) mass is 227 g/mol. The Hall–Kier alpha value is 0.310. The van der Waals surface area contributed by atoms with Crippen molar-refractivity contribution in [2.75, 3.05) is 12.8 Å². The maximum atomic E-state index is 3.80. The lowest BCUT2D eigenvalue weighted by molar-refractivity contribution is 0.362. The highest BCUT2D eigenvalue weighted by Crippen LogP contribution is 2.48. The Kier molecular flexibility index (Phi) is 3.37. The van der Waals surface area contributed by atoms with Gasteiger partial charge in [0, 0.05) is 17.3 Å². The summed E-state index contributed by atoms with van der Waals surface area (Å²) in [7, 11) is 0. The van der Waals surface area contributed by atoms with E-state index in [1.54, 1.807) is 0 Å². The van der Waals surface area contributed by atoms with Crippen molar-refractivity contribution in [3.8, 4) is 0 Å². The van der Waals surface area contributed by atoms with Crippen molar-refractivity contribution in [3.63, 3.8) is 0 Å². The average Bonchev–Trinajstić information content (AvgIpc) is 2.84. The van der Waals surface area contributed by atoms with E-state index in [0.29, 0.717) is 16.2 Å². The van der Waals surface area contributed by atoms with Gasteiger partial charge < -0.3 is 5.32 Å². The summed E-state index contributed by atoms with van der Waals surface area (Å²) in [6.07, 6.45) is 10.9. The Labute approximate surface area is 98.8 Å². The molecule has 2 rings (SSSR count). The molecule has 1 nitrogen and oxygen atoms in total. The maximum Gasteiger partial charge on any atom is 0.0281 e. The van der Waals surface area contributed by atoms with Crippen molar-refractivity contribution in [1.29, 1.82) is 0 Å². The van der Waals surface area contributed by atoms with E-state index in [4.69, 9.17) is 0 Å². The minimum Gasteiger partial charge on any atom is -0.312 e. The standard InChI is InChI=1S/C13H25NS/c1-11(12(2)8-9-12)14-10-13(15-3)6-4-5-7-13/h11,14H,4-10H2,1-3H3. The van der Waals surface area contributed by atoms with Gasteiger partial charge in [0.15, 0.2) is 0 Å². The second-order valence-electron chi connectivity index (χ2n) is 5.85. The summed E-state index contributed by atoms with van der Waals surface area (Å²) >= 11 is 2.09. The summed E-state index contributed by atoms with van der Waals surface area (Å²) in [6, 6.07) is 0.710. The Morgan fingerprint density at radius 1 is 1.20 bits per heavy atom. The van der Waals surface area contributed by atoms with Crippen LogP contribution in [0.2, 0.25) is 0 Å². The fraction of sp³-hybridized carbons (Fsp3) is 1.00. The molecule has 2 heteroatoms. The van der Waals surface area contributed by atoms with E-state index >= 15 is 0 Å². The first-order valence-electron chi connectivity index (χ1n) is 6.39. The molecule has 2 aliphatic rings.